The van der Waals surface area contributed by atoms with Gasteiger partial charge in [-0.25, -0.2) is 0 Å². The van der Waals surface area contributed by atoms with Crippen molar-refractivity contribution in [3.05, 3.63) is 59.7 Å². The van der Waals surface area contributed by atoms with Crippen LogP contribution in [0.25, 0.3) is 0 Å². The Balaban J connectivity index is 1.93. The first kappa shape index (κ1) is 18.2. The topological polar surface area (TPSA) is 78.5 Å². The molecule has 0 aromatic heterocycles. The van der Waals surface area contributed by atoms with E-state index in [-0.39, 0.29) is 24.3 Å². The summed E-state index contributed by atoms with van der Waals surface area (Å²) >= 11 is 0. The molecular weight excluding hydrogens is 318 g/mol. The Kier molecular flexibility index (Phi) is 5.89. The van der Waals surface area contributed by atoms with Gasteiger partial charge in [-0.1, -0.05) is 17.7 Å². The monoisotopic (exact) mass is 339 g/mol. The van der Waals surface area contributed by atoms with E-state index in [1.807, 2.05) is 31.2 Å². The summed E-state index contributed by atoms with van der Waals surface area (Å²) in [7, 11) is 1.57. The van der Waals surface area contributed by atoms with Crippen LogP contribution in [-0.4, -0.2) is 36.2 Å². The third-order valence-electron chi connectivity index (χ3n) is 3.52. The molecule has 0 spiro atoms. The van der Waals surface area contributed by atoms with Crippen LogP contribution in [0.1, 0.15) is 22.8 Å². The molecule has 2 N–H and O–H groups in total. The maximum absolute atomic E-state index is 12.4. The van der Waals surface area contributed by atoms with Crippen LogP contribution >= 0.6 is 0 Å². The molecule has 0 saturated carbocycles. The lowest BCUT2D eigenvalue weighted by atomic mass is 10.2. The van der Waals surface area contributed by atoms with Crippen molar-refractivity contribution in [1.29, 1.82) is 0 Å². The highest BCUT2D eigenvalue weighted by molar-refractivity contribution is 5.99. The molecule has 0 saturated heterocycles. The number of carbonyl (C=O) groups is 3. The molecular formula is C19H21N3O3. The van der Waals surface area contributed by atoms with E-state index in [9.17, 15) is 14.4 Å². The molecule has 0 aliphatic rings. The average molecular weight is 339 g/mol. The van der Waals surface area contributed by atoms with Crippen molar-refractivity contribution >= 4 is 29.1 Å². The van der Waals surface area contributed by atoms with Gasteiger partial charge in [-0.3, -0.25) is 14.4 Å². The van der Waals surface area contributed by atoms with Crippen LogP contribution in [0.2, 0.25) is 0 Å². The van der Waals surface area contributed by atoms with Crippen LogP contribution in [0, 0.1) is 6.92 Å². The Bertz CT molecular complexity index is 768. The van der Waals surface area contributed by atoms with Crippen molar-refractivity contribution in [2.75, 3.05) is 24.2 Å². The summed E-state index contributed by atoms with van der Waals surface area (Å²) in [4.78, 5) is 36.8. The number of carbonyl (C=O) groups excluding carboxylic acids is 3. The number of nitrogens with one attached hydrogen (secondary N) is 2. The summed E-state index contributed by atoms with van der Waals surface area (Å²) in [5.41, 5.74) is 2.85. The minimum atomic E-state index is -0.270. The summed E-state index contributed by atoms with van der Waals surface area (Å²) in [6, 6.07) is 14.0. The van der Waals surface area contributed by atoms with Gasteiger partial charge >= 0.3 is 0 Å². The van der Waals surface area contributed by atoms with Gasteiger partial charge in [0.05, 0.1) is 6.54 Å². The molecule has 0 heterocycles. The Labute approximate surface area is 146 Å². The number of hydrogen-bond acceptors (Lipinski definition) is 3. The SMILES string of the molecule is CC(=O)Nc1ccc(C(=O)N(C)CC(=O)Nc2ccc(C)cc2)cc1. The second kappa shape index (κ2) is 8.10. The van der Waals surface area contributed by atoms with E-state index >= 15 is 0 Å². The standard InChI is InChI=1S/C19H21N3O3/c1-13-4-8-17(9-5-13)21-18(24)12-22(3)19(25)15-6-10-16(11-7-15)20-14(2)23/h4-11H,12H2,1-3H3,(H,20,23)(H,21,24). The molecule has 2 aromatic carbocycles. The largest absolute Gasteiger partial charge is 0.332 e. The molecule has 0 atom stereocenters. The highest BCUT2D eigenvalue weighted by atomic mass is 16.2. The zero-order valence-electron chi connectivity index (χ0n) is 14.5. The van der Waals surface area contributed by atoms with Crippen LogP contribution in [0.3, 0.4) is 0 Å². The Morgan fingerprint density at radius 3 is 1.96 bits per heavy atom. The second-order valence-corrected chi connectivity index (χ2v) is 5.83. The van der Waals surface area contributed by atoms with Crippen molar-refractivity contribution < 1.29 is 14.4 Å². The molecule has 0 aliphatic heterocycles. The number of rotatable bonds is 5. The van der Waals surface area contributed by atoms with Crippen LogP contribution in [0.15, 0.2) is 48.5 Å². The molecule has 2 aromatic rings. The Hall–Kier alpha value is -3.15. The normalized spacial score (nSPS) is 10.0. The predicted molar refractivity (Wildman–Crippen MR) is 97.5 cm³/mol. The van der Waals surface area contributed by atoms with Gasteiger partial charge in [-0.15, -0.1) is 0 Å². The smallest absolute Gasteiger partial charge is 0.254 e. The molecule has 6 heteroatoms. The molecule has 0 unspecified atom stereocenters. The second-order valence-electron chi connectivity index (χ2n) is 5.83. The van der Waals surface area contributed by atoms with Gasteiger partial charge in [0.25, 0.3) is 5.91 Å². The van der Waals surface area contributed by atoms with E-state index in [1.54, 1.807) is 31.3 Å². The zero-order chi connectivity index (χ0) is 18.4. The number of aryl methyl sites for hydroxylation is 1. The number of hydrogen-bond donors (Lipinski definition) is 2. The molecule has 0 fully saturated rings. The Morgan fingerprint density at radius 1 is 0.880 bits per heavy atom. The minimum Gasteiger partial charge on any atom is -0.332 e. The molecule has 0 aliphatic carbocycles. The predicted octanol–water partition coefficient (Wildman–Crippen LogP) is 2.66. The van der Waals surface area contributed by atoms with Crippen molar-refractivity contribution in [2.45, 2.75) is 13.8 Å². The fraction of sp³-hybridized carbons (Fsp3) is 0.211. The van der Waals surface area contributed by atoms with Crippen LogP contribution < -0.4 is 10.6 Å². The van der Waals surface area contributed by atoms with Crippen molar-refractivity contribution in [3.8, 4) is 0 Å². The van der Waals surface area contributed by atoms with Crippen LogP contribution in [0.4, 0.5) is 11.4 Å². The zero-order valence-corrected chi connectivity index (χ0v) is 14.5. The molecule has 2 rings (SSSR count). The van der Waals surface area contributed by atoms with Gasteiger partial charge in [0, 0.05) is 30.9 Å². The van der Waals surface area contributed by atoms with Crippen molar-refractivity contribution in [1.82, 2.24) is 4.90 Å². The first-order valence-corrected chi connectivity index (χ1v) is 7.85. The average Bonchev–Trinajstić information content (AvgIpc) is 2.56. The van der Waals surface area contributed by atoms with E-state index in [0.29, 0.717) is 16.9 Å². The Morgan fingerprint density at radius 2 is 1.40 bits per heavy atom. The van der Waals surface area contributed by atoms with Gasteiger partial charge in [-0.2, -0.15) is 0 Å². The highest BCUT2D eigenvalue weighted by Gasteiger charge is 2.15. The van der Waals surface area contributed by atoms with Crippen molar-refractivity contribution in [2.24, 2.45) is 0 Å². The third-order valence-corrected chi connectivity index (χ3v) is 3.52. The summed E-state index contributed by atoms with van der Waals surface area (Å²) in [6.45, 7) is 3.33. The minimum absolute atomic E-state index is 0.0554. The van der Waals surface area contributed by atoms with Crippen LogP contribution in [0.5, 0.6) is 0 Å². The molecule has 130 valence electrons. The number of likely N-dealkylation sites (N-methyl/N-ethyl adjacent to an activating group) is 1. The third kappa shape index (κ3) is 5.46. The highest BCUT2D eigenvalue weighted by Crippen LogP contribution is 2.12. The summed E-state index contributed by atoms with van der Waals surface area (Å²) in [6.07, 6.45) is 0. The fourth-order valence-corrected chi connectivity index (χ4v) is 2.24. The van der Waals surface area contributed by atoms with Crippen LogP contribution in [-0.2, 0) is 9.59 Å². The molecule has 3 amide bonds. The number of benzene rings is 2. The summed E-state index contributed by atoms with van der Waals surface area (Å²) < 4.78 is 0. The first-order chi connectivity index (χ1) is 11.8. The fourth-order valence-electron chi connectivity index (χ4n) is 2.24. The molecule has 6 nitrogen and oxygen atoms in total. The van der Waals surface area contributed by atoms with Crippen molar-refractivity contribution in [3.63, 3.8) is 0 Å². The first-order valence-electron chi connectivity index (χ1n) is 7.85. The quantitative estimate of drug-likeness (QED) is 0.879. The van der Waals surface area contributed by atoms with E-state index in [0.717, 1.165) is 5.56 Å². The van der Waals surface area contributed by atoms with Gasteiger partial charge in [-0.05, 0) is 43.3 Å². The maximum Gasteiger partial charge on any atom is 0.254 e. The number of amides is 3. The van der Waals surface area contributed by atoms with E-state index in [2.05, 4.69) is 10.6 Å². The van der Waals surface area contributed by atoms with Gasteiger partial charge < -0.3 is 15.5 Å². The van der Waals surface area contributed by atoms with Gasteiger partial charge in [0.15, 0.2) is 0 Å². The lowest BCUT2D eigenvalue weighted by molar-refractivity contribution is -0.116. The summed E-state index contributed by atoms with van der Waals surface area (Å²) in [5, 5.41) is 5.39. The van der Waals surface area contributed by atoms with E-state index in [4.69, 9.17) is 0 Å². The lowest BCUT2D eigenvalue weighted by Gasteiger charge is -2.17. The van der Waals surface area contributed by atoms with Gasteiger partial charge in [0.1, 0.15) is 0 Å². The van der Waals surface area contributed by atoms with E-state index < -0.39 is 0 Å². The molecule has 25 heavy (non-hydrogen) atoms. The van der Waals surface area contributed by atoms with Gasteiger partial charge in [0.2, 0.25) is 11.8 Å². The number of nitrogens with zero attached hydrogens (tertiary/aromatic N) is 1. The number of anilines is 2. The maximum atomic E-state index is 12.4. The molecule has 0 radical (unpaired) electrons. The summed E-state index contributed by atoms with van der Waals surface area (Å²) in [5.74, 6) is -0.716. The lowest BCUT2D eigenvalue weighted by Crippen LogP contribution is -2.34. The van der Waals surface area contributed by atoms with E-state index in [1.165, 1.54) is 11.8 Å². The molecule has 0 bridgehead atoms.